The number of esters is 1. The van der Waals surface area contributed by atoms with Gasteiger partial charge in [-0.3, -0.25) is 19.3 Å². The lowest BCUT2D eigenvalue weighted by Crippen LogP contribution is -2.31. The molecule has 2 N–H and O–H groups in total. The summed E-state index contributed by atoms with van der Waals surface area (Å²) in [6, 6.07) is 15.5. The van der Waals surface area contributed by atoms with Gasteiger partial charge in [0.25, 0.3) is 17.7 Å². The highest BCUT2D eigenvalue weighted by molar-refractivity contribution is 6.22. The van der Waals surface area contributed by atoms with Gasteiger partial charge in [0, 0.05) is 12.1 Å². The number of imide groups is 1. The molecule has 0 radical (unpaired) electrons. The number of aromatic hydroxyl groups is 1. The van der Waals surface area contributed by atoms with E-state index in [0.717, 1.165) is 10.5 Å². The Bertz CT molecular complexity index is 1330. The summed E-state index contributed by atoms with van der Waals surface area (Å²) in [5.74, 6) is -1.71. The van der Waals surface area contributed by atoms with Crippen molar-refractivity contribution in [2.75, 3.05) is 26.1 Å². The third kappa shape index (κ3) is 4.70. The molecule has 0 fully saturated rings. The van der Waals surface area contributed by atoms with Crippen LogP contribution in [-0.4, -0.2) is 54.5 Å². The van der Waals surface area contributed by atoms with E-state index in [0.29, 0.717) is 12.2 Å². The van der Waals surface area contributed by atoms with E-state index in [9.17, 15) is 24.3 Å². The Hall–Kier alpha value is -4.66. The molecule has 1 heterocycles. The van der Waals surface area contributed by atoms with Crippen LogP contribution in [0.15, 0.2) is 60.7 Å². The van der Waals surface area contributed by atoms with Crippen LogP contribution in [0.4, 0.5) is 5.69 Å². The van der Waals surface area contributed by atoms with Gasteiger partial charge >= 0.3 is 5.97 Å². The van der Waals surface area contributed by atoms with Crippen molar-refractivity contribution in [3.8, 4) is 11.5 Å². The lowest BCUT2D eigenvalue weighted by molar-refractivity contribution is 0.0598. The zero-order chi connectivity index (χ0) is 25.1. The van der Waals surface area contributed by atoms with Gasteiger partial charge in [0.05, 0.1) is 36.6 Å². The quantitative estimate of drug-likeness (QED) is 0.306. The number of phenolic OH excluding ortho intramolecular Hbond substituents is 1. The summed E-state index contributed by atoms with van der Waals surface area (Å²) in [7, 11) is 2.79. The Kier molecular flexibility index (Phi) is 6.50. The highest BCUT2D eigenvalue weighted by atomic mass is 16.5. The zero-order valence-electron chi connectivity index (χ0n) is 19.0. The molecule has 0 atom stereocenters. The van der Waals surface area contributed by atoms with Crippen LogP contribution < -0.4 is 10.1 Å². The molecular formula is C26H22N2O7. The average molecular weight is 474 g/mol. The van der Waals surface area contributed by atoms with Gasteiger partial charge in [-0.05, 0) is 60.5 Å². The maximum absolute atomic E-state index is 12.9. The second-order valence-electron chi connectivity index (χ2n) is 7.80. The minimum Gasteiger partial charge on any atom is -0.506 e. The summed E-state index contributed by atoms with van der Waals surface area (Å²) in [5, 5.41) is 12.7. The monoisotopic (exact) mass is 474 g/mol. The second-order valence-corrected chi connectivity index (χ2v) is 7.80. The van der Waals surface area contributed by atoms with Gasteiger partial charge in [0.1, 0.15) is 11.5 Å². The molecule has 4 rings (SSSR count). The summed E-state index contributed by atoms with van der Waals surface area (Å²) < 4.78 is 9.73. The van der Waals surface area contributed by atoms with Crippen molar-refractivity contribution in [2.45, 2.75) is 6.42 Å². The van der Waals surface area contributed by atoms with Crippen molar-refractivity contribution < 1.29 is 33.8 Å². The fraction of sp³-hybridized carbons (Fsp3) is 0.154. The SMILES string of the molecule is COC(=O)c1ccc(NC(=O)c2ccc3c(c2)C(=O)N(CCc2ccc(OC)cc2)C3=O)c(O)c1. The topological polar surface area (TPSA) is 122 Å². The molecule has 178 valence electrons. The number of anilines is 1. The molecule has 0 saturated carbocycles. The average Bonchev–Trinajstić information content (AvgIpc) is 3.12. The van der Waals surface area contributed by atoms with Gasteiger partial charge < -0.3 is 19.9 Å². The maximum Gasteiger partial charge on any atom is 0.337 e. The number of ether oxygens (including phenoxy) is 2. The number of carbonyl (C=O) groups excluding carboxylic acids is 4. The van der Waals surface area contributed by atoms with Crippen LogP contribution in [0.2, 0.25) is 0 Å². The first-order valence-electron chi connectivity index (χ1n) is 10.7. The molecule has 0 aliphatic carbocycles. The number of methoxy groups -OCH3 is 2. The third-order valence-electron chi connectivity index (χ3n) is 5.68. The normalized spacial score (nSPS) is 12.3. The van der Waals surface area contributed by atoms with E-state index < -0.39 is 23.7 Å². The molecule has 0 bridgehead atoms. The Morgan fingerprint density at radius 3 is 2.23 bits per heavy atom. The van der Waals surface area contributed by atoms with Gasteiger partial charge in [-0.1, -0.05) is 12.1 Å². The molecule has 0 spiro atoms. The van der Waals surface area contributed by atoms with E-state index in [4.69, 9.17) is 4.74 Å². The van der Waals surface area contributed by atoms with Crippen LogP contribution >= 0.6 is 0 Å². The Labute approximate surface area is 200 Å². The van der Waals surface area contributed by atoms with Crippen molar-refractivity contribution in [1.82, 2.24) is 4.90 Å². The number of fused-ring (bicyclic) bond motifs is 1. The van der Waals surface area contributed by atoms with Gasteiger partial charge in [0.15, 0.2) is 0 Å². The van der Waals surface area contributed by atoms with Gasteiger partial charge in [-0.15, -0.1) is 0 Å². The summed E-state index contributed by atoms with van der Waals surface area (Å²) in [5.41, 5.74) is 1.65. The second kappa shape index (κ2) is 9.68. The molecule has 0 aromatic heterocycles. The van der Waals surface area contributed by atoms with Crippen molar-refractivity contribution in [3.63, 3.8) is 0 Å². The molecule has 3 aromatic rings. The Morgan fingerprint density at radius 1 is 0.886 bits per heavy atom. The molecule has 9 nitrogen and oxygen atoms in total. The largest absolute Gasteiger partial charge is 0.506 e. The minimum atomic E-state index is -0.628. The van der Waals surface area contributed by atoms with E-state index in [1.54, 1.807) is 7.11 Å². The number of benzene rings is 3. The molecule has 35 heavy (non-hydrogen) atoms. The van der Waals surface area contributed by atoms with Crippen molar-refractivity contribution in [1.29, 1.82) is 0 Å². The predicted octanol–water partition coefficient (Wildman–Crippen LogP) is 3.28. The maximum atomic E-state index is 12.9. The molecule has 9 heteroatoms. The highest BCUT2D eigenvalue weighted by Gasteiger charge is 2.35. The van der Waals surface area contributed by atoms with Crippen LogP contribution in [-0.2, 0) is 11.2 Å². The molecule has 1 aliphatic heterocycles. The summed E-state index contributed by atoms with van der Waals surface area (Å²) in [6.07, 6.45) is 0.476. The smallest absolute Gasteiger partial charge is 0.337 e. The molecule has 3 aromatic carbocycles. The number of hydrogen-bond acceptors (Lipinski definition) is 7. The minimum absolute atomic E-state index is 0.0756. The summed E-state index contributed by atoms with van der Waals surface area (Å²) >= 11 is 0. The van der Waals surface area contributed by atoms with Gasteiger partial charge in [-0.2, -0.15) is 0 Å². The predicted molar refractivity (Wildman–Crippen MR) is 126 cm³/mol. The van der Waals surface area contributed by atoms with E-state index in [1.807, 2.05) is 24.3 Å². The van der Waals surface area contributed by atoms with E-state index >= 15 is 0 Å². The fourth-order valence-corrected chi connectivity index (χ4v) is 3.74. The number of nitrogens with zero attached hydrogens (tertiary/aromatic N) is 1. The standard InChI is InChI=1S/C26H22N2O7/c1-34-18-7-3-15(4-8-18)11-12-28-24(31)19-9-5-16(13-20(19)25(28)32)23(30)27-21-10-6-17(14-22(21)29)26(33)35-2/h3-10,13-14,29H,11-12H2,1-2H3,(H,27,30). The lowest BCUT2D eigenvalue weighted by atomic mass is 10.1. The number of rotatable bonds is 7. The third-order valence-corrected chi connectivity index (χ3v) is 5.68. The van der Waals surface area contributed by atoms with Gasteiger partial charge in [-0.25, -0.2) is 4.79 Å². The van der Waals surface area contributed by atoms with Crippen LogP contribution in [0.1, 0.15) is 47.0 Å². The summed E-state index contributed by atoms with van der Waals surface area (Å²) in [6.45, 7) is 0.195. The molecule has 1 aliphatic rings. The molecular weight excluding hydrogens is 452 g/mol. The van der Waals surface area contributed by atoms with Crippen molar-refractivity contribution in [3.05, 3.63) is 88.5 Å². The van der Waals surface area contributed by atoms with Crippen LogP contribution in [0.3, 0.4) is 0 Å². The Morgan fingerprint density at radius 2 is 1.57 bits per heavy atom. The lowest BCUT2D eigenvalue weighted by Gasteiger charge is -2.13. The Balaban J connectivity index is 1.47. The van der Waals surface area contributed by atoms with Gasteiger partial charge in [0.2, 0.25) is 0 Å². The zero-order valence-corrected chi connectivity index (χ0v) is 19.0. The molecule has 3 amide bonds. The fourth-order valence-electron chi connectivity index (χ4n) is 3.74. The highest BCUT2D eigenvalue weighted by Crippen LogP contribution is 2.27. The van der Waals surface area contributed by atoms with Crippen LogP contribution in [0, 0.1) is 0 Å². The van der Waals surface area contributed by atoms with E-state index in [1.165, 1.54) is 43.5 Å². The van der Waals surface area contributed by atoms with E-state index in [-0.39, 0.29) is 40.2 Å². The first kappa shape index (κ1) is 23.5. The first-order valence-corrected chi connectivity index (χ1v) is 10.7. The first-order chi connectivity index (χ1) is 16.8. The molecule has 0 unspecified atom stereocenters. The number of carbonyl (C=O) groups is 4. The number of hydrogen-bond donors (Lipinski definition) is 2. The van der Waals surface area contributed by atoms with Crippen molar-refractivity contribution >= 4 is 29.4 Å². The number of amides is 3. The number of phenols is 1. The van der Waals surface area contributed by atoms with Crippen LogP contribution in [0.25, 0.3) is 0 Å². The van der Waals surface area contributed by atoms with Crippen LogP contribution in [0.5, 0.6) is 11.5 Å². The number of nitrogens with one attached hydrogen (secondary N) is 1. The molecule has 0 saturated heterocycles. The summed E-state index contributed by atoms with van der Waals surface area (Å²) in [4.78, 5) is 51.2. The van der Waals surface area contributed by atoms with E-state index in [2.05, 4.69) is 10.1 Å². The van der Waals surface area contributed by atoms with Crippen molar-refractivity contribution in [2.24, 2.45) is 0 Å².